The molecule has 0 spiro atoms. The number of amides is 2. The second-order valence-corrected chi connectivity index (χ2v) is 9.84. The number of nitrogens with zero attached hydrogens (tertiary/aromatic N) is 4. The summed E-state index contributed by atoms with van der Waals surface area (Å²) in [6.07, 6.45) is 4.83. The van der Waals surface area contributed by atoms with Crippen LogP contribution >= 0.6 is 0 Å². The van der Waals surface area contributed by atoms with Crippen LogP contribution in [0.5, 0.6) is 0 Å². The minimum atomic E-state index is -1.14. The lowest BCUT2D eigenvalue weighted by molar-refractivity contribution is -0.127. The average Bonchev–Trinajstić information content (AvgIpc) is 3.38. The van der Waals surface area contributed by atoms with E-state index in [1.807, 2.05) is 12.1 Å². The number of fused-ring (bicyclic) bond motifs is 1. The van der Waals surface area contributed by atoms with Gasteiger partial charge in [0.15, 0.2) is 0 Å². The van der Waals surface area contributed by atoms with Crippen molar-refractivity contribution < 1.29 is 23.5 Å². The van der Waals surface area contributed by atoms with Crippen molar-refractivity contribution in [1.29, 1.82) is 0 Å². The molecule has 0 saturated heterocycles. The zero-order valence-electron chi connectivity index (χ0n) is 22.1. The summed E-state index contributed by atoms with van der Waals surface area (Å²) in [6.45, 7) is -0.232. The Bertz CT molecular complexity index is 1510. The number of anilines is 1. The molecule has 5 rings (SSSR count). The van der Waals surface area contributed by atoms with E-state index < -0.39 is 29.6 Å². The van der Waals surface area contributed by atoms with E-state index in [0.717, 1.165) is 32.1 Å². The van der Waals surface area contributed by atoms with Crippen LogP contribution in [0.2, 0.25) is 0 Å². The standard InChI is InChI=1S/C30H30FN5O4/c1-40-30(39)21-16-14-20(15-17-21)28(29(38)32-23-9-3-2-4-10-23)36(24-11-7-8-22(31)18-24)27(37)19-35-26-13-6-5-12-25(26)33-34-35/h5-8,11-18,23,28H,2-4,9-10,19H2,1H3,(H,32,38)/t28-/m1/s1. The number of benzene rings is 3. The van der Waals surface area contributed by atoms with Gasteiger partial charge in [-0.05, 0) is 60.9 Å². The molecular formula is C30H30FN5O4. The van der Waals surface area contributed by atoms with Crippen molar-refractivity contribution in [2.75, 3.05) is 12.0 Å². The number of carbonyl (C=O) groups is 3. The average molecular weight is 544 g/mol. The largest absolute Gasteiger partial charge is 0.465 e. The second kappa shape index (κ2) is 12.1. The molecule has 1 aromatic heterocycles. The molecule has 1 aliphatic rings. The van der Waals surface area contributed by atoms with Gasteiger partial charge in [0.05, 0.1) is 18.2 Å². The topological polar surface area (TPSA) is 106 Å². The first kappa shape index (κ1) is 27.0. The molecule has 1 fully saturated rings. The van der Waals surface area contributed by atoms with Crippen molar-refractivity contribution in [2.45, 2.75) is 50.7 Å². The first-order valence-electron chi connectivity index (χ1n) is 13.3. The van der Waals surface area contributed by atoms with Crippen LogP contribution in [0.15, 0.2) is 72.8 Å². The van der Waals surface area contributed by atoms with Crippen LogP contribution in [-0.2, 0) is 20.9 Å². The molecule has 206 valence electrons. The highest BCUT2D eigenvalue weighted by Gasteiger charge is 2.35. The maximum absolute atomic E-state index is 14.5. The molecule has 0 radical (unpaired) electrons. The molecule has 10 heteroatoms. The summed E-state index contributed by atoms with van der Waals surface area (Å²) in [5.74, 6) is -1.94. The number of carbonyl (C=O) groups excluding carboxylic acids is 3. The highest BCUT2D eigenvalue weighted by Crippen LogP contribution is 2.30. The Morgan fingerprint density at radius 1 is 1.02 bits per heavy atom. The maximum atomic E-state index is 14.5. The van der Waals surface area contributed by atoms with Crippen LogP contribution < -0.4 is 10.2 Å². The predicted octanol–water partition coefficient (Wildman–Crippen LogP) is 4.58. The summed E-state index contributed by atoms with van der Waals surface area (Å²) in [6, 6.07) is 18.0. The maximum Gasteiger partial charge on any atom is 0.337 e. The van der Waals surface area contributed by atoms with E-state index in [1.165, 1.54) is 34.9 Å². The van der Waals surface area contributed by atoms with E-state index in [-0.39, 0.29) is 18.3 Å². The lowest BCUT2D eigenvalue weighted by atomic mass is 9.94. The van der Waals surface area contributed by atoms with Crippen LogP contribution in [0.25, 0.3) is 11.0 Å². The number of methoxy groups -OCH3 is 1. The van der Waals surface area contributed by atoms with E-state index in [4.69, 9.17) is 4.74 Å². The van der Waals surface area contributed by atoms with Crippen LogP contribution in [0.1, 0.15) is 54.1 Å². The summed E-state index contributed by atoms with van der Waals surface area (Å²) in [5.41, 5.74) is 2.26. The fourth-order valence-electron chi connectivity index (χ4n) is 5.17. The van der Waals surface area contributed by atoms with E-state index in [9.17, 15) is 18.8 Å². The van der Waals surface area contributed by atoms with Crippen LogP contribution in [-0.4, -0.2) is 45.9 Å². The summed E-state index contributed by atoms with van der Waals surface area (Å²) < 4.78 is 20.7. The monoisotopic (exact) mass is 543 g/mol. The molecule has 3 aromatic carbocycles. The van der Waals surface area contributed by atoms with Gasteiger partial charge in [0.1, 0.15) is 23.9 Å². The summed E-state index contributed by atoms with van der Waals surface area (Å²) in [5, 5.41) is 11.4. The normalized spacial score (nSPS) is 14.4. The third-order valence-corrected chi connectivity index (χ3v) is 7.17. The van der Waals surface area contributed by atoms with Gasteiger partial charge in [-0.3, -0.25) is 14.5 Å². The molecule has 1 N–H and O–H groups in total. The van der Waals surface area contributed by atoms with Gasteiger partial charge in [-0.2, -0.15) is 0 Å². The second-order valence-electron chi connectivity index (χ2n) is 9.84. The summed E-state index contributed by atoms with van der Waals surface area (Å²) >= 11 is 0. The zero-order chi connectivity index (χ0) is 28.1. The molecule has 0 bridgehead atoms. The Hall–Kier alpha value is -4.60. The van der Waals surface area contributed by atoms with E-state index >= 15 is 0 Å². The number of ether oxygens (including phenoxy) is 1. The van der Waals surface area contributed by atoms with Gasteiger partial charge >= 0.3 is 5.97 Å². The molecule has 0 unspecified atom stereocenters. The number of hydrogen-bond donors (Lipinski definition) is 1. The van der Waals surface area contributed by atoms with Gasteiger partial charge in [-0.1, -0.05) is 54.8 Å². The lowest BCUT2D eigenvalue weighted by Gasteiger charge is -2.33. The number of nitrogens with one attached hydrogen (secondary N) is 1. The van der Waals surface area contributed by atoms with Crippen LogP contribution in [0.4, 0.5) is 10.1 Å². The van der Waals surface area contributed by atoms with Gasteiger partial charge < -0.3 is 10.1 Å². The Morgan fingerprint density at radius 3 is 2.50 bits per heavy atom. The zero-order valence-corrected chi connectivity index (χ0v) is 22.1. The van der Waals surface area contributed by atoms with Crippen molar-refractivity contribution in [3.8, 4) is 0 Å². The number of halogens is 1. The number of hydrogen-bond acceptors (Lipinski definition) is 6. The van der Waals surface area contributed by atoms with Gasteiger partial charge in [0.25, 0.3) is 0 Å². The molecule has 1 atom stereocenters. The van der Waals surface area contributed by atoms with Crippen molar-refractivity contribution >= 4 is 34.5 Å². The van der Waals surface area contributed by atoms with E-state index in [2.05, 4.69) is 15.6 Å². The van der Waals surface area contributed by atoms with Crippen LogP contribution in [0, 0.1) is 5.82 Å². The molecule has 40 heavy (non-hydrogen) atoms. The molecule has 9 nitrogen and oxygen atoms in total. The molecular weight excluding hydrogens is 513 g/mol. The fourth-order valence-corrected chi connectivity index (χ4v) is 5.17. The highest BCUT2D eigenvalue weighted by atomic mass is 19.1. The van der Waals surface area contributed by atoms with Gasteiger partial charge in [0, 0.05) is 11.7 Å². The third kappa shape index (κ3) is 5.85. The van der Waals surface area contributed by atoms with Crippen molar-refractivity contribution in [3.63, 3.8) is 0 Å². The van der Waals surface area contributed by atoms with Gasteiger partial charge in [-0.25, -0.2) is 13.9 Å². The minimum absolute atomic E-state index is 0.0261. The molecule has 1 saturated carbocycles. The minimum Gasteiger partial charge on any atom is -0.465 e. The van der Waals surface area contributed by atoms with Crippen molar-refractivity contribution in [2.24, 2.45) is 0 Å². The van der Waals surface area contributed by atoms with Crippen molar-refractivity contribution in [1.82, 2.24) is 20.3 Å². The van der Waals surface area contributed by atoms with Crippen LogP contribution in [0.3, 0.4) is 0 Å². The quantitative estimate of drug-likeness (QED) is 0.326. The number of esters is 1. The molecule has 2 amide bonds. The predicted molar refractivity (Wildman–Crippen MR) is 147 cm³/mol. The molecule has 4 aromatic rings. The van der Waals surface area contributed by atoms with E-state index in [1.54, 1.807) is 42.5 Å². The first-order valence-corrected chi connectivity index (χ1v) is 13.3. The Balaban J connectivity index is 1.57. The fraction of sp³-hybridized carbons (Fsp3) is 0.300. The summed E-state index contributed by atoms with van der Waals surface area (Å²) in [4.78, 5) is 41.4. The lowest BCUT2D eigenvalue weighted by Crippen LogP contribution is -2.48. The molecule has 1 aliphatic carbocycles. The SMILES string of the molecule is COC(=O)c1ccc([C@H](C(=O)NC2CCCCC2)N(C(=O)Cn2nnc3ccccc32)c2cccc(F)c2)cc1. The van der Waals surface area contributed by atoms with Crippen molar-refractivity contribution in [3.05, 3.63) is 89.7 Å². The Labute approximate surface area is 230 Å². The number of rotatable bonds is 8. The Kier molecular flexibility index (Phi) is 8.14. The molecule has 1 heterocycles. The first-order chi connectivity index (χ1) is 19.4. The smallest absolute Gasteiger partial charge is 0.337 e. The Morgan fingerprint density at radius 2 is 1.77 bits per heavy atom. The summed E-state index contributed by atoms with van der Waals surface area (Å²) in [7, 11) is 1.29. The highest BCUT2D eigenvalue weighted by molar-refractivity contribution is 6.01. The van der Waals surface area contributed by atoms with E-state index in [0.29, 0.717) is 22.2 Å². The number of para-hydroxylation sites is 1. The molecule has 0 aliphatic heterocycles. The number of aromatic nitrogens is 3. The third-order valence-electron chi connectivity index (χ3n) is 7.17. The van der Waals surface area contributed by atoms with Gasteiger partial charge in [-0.15, -0.1) is 5.10 Å². The van der Waals surface area contributed by atoms with Gasteiger partial charge in [0.2, 0.25) is 11.8 Å².